The molecule has 0 amide bonds. The topological polar surface area (TPSA) is 43.8 Å². The van der Waals surface area contributed by atoms with Gasteiger partial charge in [0.15, 0.2) is 0 Å². The van der Waals surface area contributed by atoms with Crippen molar-refractivity contribution in [3.05, 3.63) is 51.6 Å². The lowest BCUT2D eigenvalue weighted by atomic mass is 10.1. The Morgan fingerprint density at radius 2 is 2.21 bits per heavy atom. The second-order valence-corrected chi connectivity index (χ2v) is 6.33. The summed E-state index contributed by atoms with van der Waals surface area (Å²) < 4.78 is 4.19. The lowest BCUT2D eigenvalue weighted by Crippen LogP contribution is -2.16. The Labute approximate surface area is 124 Å². The zero-order chi connectivity index (χ0) is 13.4. The fourth-order valence-corrected chi connectivity index (χ4v) is 3.84. The van der Waals surface area contributed by atoms with E-state index in [-0.39, 0.29) is 6.04 Å². The van der Waals surface area contributed by atoms with Crippen molar-refractivity contribution in [3.8, 4) is 0 Å². The maximum absolute atomic E-state index is 6.42. The summed E-state index contributed by atoms with van der Waals surface area (Å²) in [5.74, 6) is 0. The zero-order valence-electron chi connectivity index (χ0n) is 10.5. The number of aryl methyl sites for hydroxylation is 1. The minimum Gasteiger partial charge on any atom is -0.318 e. The predicted octanol–water partition coefficient (Wildman–Crippen LogP) is 3.93. The third kappa shape index (κ3) is 2.22. The Hall–Kier alpha value is -1.17. The van der Waals surface area contributed by atoms with Gasteiger partial charge >= 0.3 is 0 Å². The predicted molar refractivity (Wildman–Crippen MR) is 83.5 cm³/mol. The number of thiophene rings is 1. The van der Waals surface area contributed by atoms with Crippen LogP contribution in [-0.4, -0.2) is 9.78 Å². The fourth-order valence-electron chi connectivity index (χ4n) is 2.22. The largest absolute Gasteiger partial charge is 0.318 e. The Balaban J connectivity index is 2.07. The van der Waals surface area contributed by atoms with E-state index < -0.39 is 0 Å². The van der Waals surface area contributed by atoms with E-state index in [1.807, 2.05) is 10.9 Å². The molecular weight excluding hydrogens is 322 g/mol. The molecule has 98 valence electrons. The molecule has 0 aliphatic rings. The highest BCUT2D eigenvalue weighted by molar-refractivity contribution is 9.10. The van der Waals surface area contributed by atoms with E-state index in [0.29, 0.717) is 0 Å². The first kappa shape index (κ1) is 12.8. The number of nitrogens with two attached hydrogens (primary N) is 1. The molecule has 1 unspecified atom stereocenters. The number of nitrogens with zero attached hydrogens (tertiary/aromatic N) is 2. The van der Waals surface area contributed by atoms with Gasteiger partial charge in [0, 0.05) is 16.1 Å². The third-order valence-electron chi connectivity index (χ3n) is 3.18. The fraction of sp³-hybridized carbons (Fsp3) is 0.214. The molecule has 0 aliphatic carbocycles. The smallest absolute Gasteiger partial charge is 0.0828 e. The monoisotopic (exact) mass is 335 g/mol. The summed E-state index contributed by atoms with van der Waals surface area (Å²) in [7, 11) is 0. The van der Waals surface area contributed by atoms with E-state index >= 15 is 0 Å². The third-order valence-corrected chi connectivity index (χ3v) is 4.99. The first-order chi connectivity index (χ1) is 9.20. The number of fused-ring (bicyclic) bond motifs is 1. The van der Waals surface area contributed by atoms with Gasteiger partial charge in [0.2, 0.25) is 0 Å². The molecule has 0 saturated heterocycles. The molecule has 3 nitrogen and oxygen atoms in total. The van der Waals surface area contributed by atoms with Crippen LogP contribution in [0.25, 0.3) is 10.1 Å². The quantitative estimate of drug-likeness (QED) is 0.788. The molecule has 3 aromatic rings. The van der Waals surface area contributed by atoms with E-state index in [1.54, 1.807) is 11.3 Å². The van der Waals surface area contributed by atoms with Gasteiger partial charge in [-0.1, -0.05) is 18.2 Å². The summed E-state index contributed by atoms with van der Waals surface area (Å²) >= 11 is 5.29. The Morgan fingerprint density at radius 3 is 2.95 bits per heavy atom. The van der Waals surface area contributed by atoms with Crippen LogP contribution in [0.1, 0.15) is 23.5 Å². The van der Waals surface area contributed by atoms with E-state index in [9.17, 15) is 0 Å². The van der Waals surface area contributed by atoms with Crippen molar-refractivity contribution >= 4 is 37.4 Å². The Kier molecular flexibility index (Phi) is 3.43. The van der Waals surface area contributed by atoms with Crippen LogP contribution >= 0.6 is 27.3 Å². The molecule has 2 N–H and O–H groups in total. The van der Waals surface area contributed by atoms with Gasteiger partial charge in [-0.3, -0.25) is 4.68 Å². The molecule has 2 heterocycles. The number of halogens is 1. The highest BCUT2D eigenvalue weighted by Crippen LogP contribution is 2.34. The summed E-state index contributed by atoms with van der Waals surface area (Å²) in [6.45, 7) is 2.89. The van der Waals surface area contributed by atoms with E-state index in [4.69, 9.17) is 5.73 Å². The van der Waals surface area contributed by atoms with Crippen LogP contribution in [0.5, 0.6) is 0 Å². The van der Waals surface area contributed by atoms with Crippen molar-refractivity contribution in [2.45, 2.75) is 19.5 Å². The van der Waals surface area contributed by atoms with Gasteiger partial charge in [0.1, 0.15) is 0 Å². The van der Waals surface area contributed by atoms with E-state index in [0.717, 1.165) is 21.6 Å². The Morgan fingerprint density at radius 1 is 1.42 bits per heavy atom. The molecule has 1 aromatic carbocycles. The van der Waals surface area contributed by atoms with Gasteiger partial charge < -0.3 is 5.73 Å². The van der Waals surface area contributed by atoms with E-state index in [1.165, 1.54) is 10.1 Å². The second kappa shape index (κ2) is 5.07. The van der Waals surface area contributed by atoms with Crippen LogP contribution < -0.4 is 5.73 Å². The molecule has 2 aromatic heterocycles. The number of aromatic nitrogens is 2. The number of benzene rings is 1. The Bertz CT molecular complexity index is 683. The van der Waals surface area contributed by atoms with Crippen LogP contribution in [0.2, 0.25) is 0 Å². The van der Waals surface area contributed by atoms with Crippen molar-refractivity contribution in [2.75, 3.05) is 0 Å². The molecule has 0 spiro atoms. The van der Waals surface area contributed by atoms with Gasteiger partial charge in [-0.2, -0.15) is 5.10 Å². The zero-order valence-corrected chi connectivity index (χ0v) is 12.9. The van der Waals surface area contributed by atoms with Crippen LogP contribution in [0, 0.1) is 0 Å². The minimum atomic E-state index is -0.144. The highest BCUT2D eigenvalue weighted by Gasteiger charge is 2.19. The normalized spacial score (nSPS) is 13.0. The molecule has 5 heteroatoms. The summed E-state index contributed by atoms with van der Waals surface area (Å²) in [6, 6.07) is 10.4. The molecule has 1 atom stereocenters. The van der Waals surface area contributed by atoms with Gasteiger partial charge in [-0.25, -0.2) is 0 Å². The van der Waals surface area contributed by atoms with Gasteiger partial charge in [0.05, 0.1) is 22.4 Å². The molecule has 3 rings (SSSR count). The first-order valence-corrected chi connectivity index (χ1v) is 7.77. The molecule has 0 fully saturated rings. The van der Waals surface area contributed by atoms with Crippen molar-refractivity contribution in [1.29, 1.82) is 0 Å². The van der Waals surface area contributed by atoms with Gasteiger partial charge in [-0.15, -0.1) is 11.3 Å². The van der Waals surface area contributed by atoms with Crippen LogP contribution in [0.3, 0.4) is 0 Å². The maximum Gasteiger partial charge on any atom is 0.0828 e. The average Bonchev–Trinajstić information content (AvgIpc) is 3.01. The van der Waals surface area contributed by atoms with Crippen LogP contribution in [-0.2, 0) is 6.54 Å². The van der Waals surface area contributed by atoms with Crippen molar-refractivity contribution in [1.82, 2.24) is 9.78 Å². The number of hydrogen-bond acceptors (Lipinski definition) is 3. The number of hydrogen-bond donors (Lipinski definition) is 1. The summed E-state index contributed by atoms with van der Waals surface area (Å²) in [5.41, 5.74) is 7.46. The SMILES string of the molecule is CCn1ncc(Br)c1C(N)c1cc2ccccc2s1. The molecule has 19 heavy (non-hydrogen) atoms. The molecule has 0 bridgehead atoms. The molecule has 0 saturated carbocycles. The maximum atomic E-state index is 6.42. The van der Waals surface area contributed by atoms with E-state index in [2.05, 4.69) is 58.3 Å². The lowest BCUT2D eigenvalue weighted by Gasteiger charge is -2.12. The highest BCUT2D eigenvalue weighted by atomic mass is 79.9. The average molecular weight is 336 g/mol. The van der Waals surface area contributed by atoms with Crippen LogP contribution in [0.15, 0.2) is 41.0 Å². The summed E-state index contributed by atoms with van der Waals surface area (Å²) in [6.07, 6.45) is 1.81. The van der Waals surface area contributed by atoms with Gasteiger partial charge in [0.25, 0.3) is 0 Å². The van der Waals surface area contributed by atoms with Crippen molar-refractivity contribution < 1.29 is 0 Å². The second-order valence-electron chi connectivity index (χ2n) is 4.36. The van der Waals surface area contributed by atoms with Crippen LogP contribution in [0.4, 0.5) is 0 Å². The standard InChI is InChI=1S/C14H14BrN3S/c1-2-18-14(10(15)8-17-18)13(16)12-7-9-5-3-4-6-11(9)19-12/h3-8,13H,2,16H2,1H3. The number of rotatable bonds is 3. The van der Waals surface area contributed by atoms with Crippen molar-refractivity contribution in [2.24, 2.45) is 5.73 Å². The molecule has 0 radical (unpaired) electrons. The summed E-state index contributed by atoms with van der Waals surface area (Å²) in [4.78, 5) is 1.16. The molecular formula is C14H14BrN3S. The first-order valence-electron chi connectivity index (χ1n) is 6.16. The minimum absolute atomic E-state index is 0.144. The lowest BCUT2D eigenvalue weighted by molar-refractivity contribution is 0.602. The van der Waals surface area contributed by atoms with Crippen molar-refractivity contribution in [3.63, 3.8) is 0 Å². The van der Waals surface area contributed by atoms with Gasteiger partial charge in [-0.05, 0) is 40.4 Å². The summed E-state index contributed by atoms with van der Waals surface area (Å²) in [5, 5.41) is 5.58. The molecule has 0 aliphatic heterocycles.